The average Bonchev–Trinajstić information content (AvgIpc) is 2.99. The van der Waals surface area contributed by atoms with Crippen LogP contribution in [0.3, 0.4) is 0 Å². The van der Waals surface area contributed by atoms with Crippen molar-refractivity contribution in [2.75, 3.05) is 0 Å². The Balaban J connectivity index is 1.79. The Morgan fingerprint density at radius 3 is 2.80 bits per heavy atom. The molecule has 2 aliphatic rings. The Labute approximate surface area is 115 Å². The summed E-state index contributed by atoms with van der Waals surface area (Å²) in [6.07, 6.45) is 3.92. The lowest BCUT2D eigenvalue weighted by molar-refractivity contribution is -0.144. The van der Waals surface area contributed by atoms with E-state index in [1.165, 1.54) is 18.3 Å². The van der Waals surface area contributed by atoms with Gasteiger partial charge in [-0.3, -0.25) is 9.59 Å². The molecule has 5 nitrogen and oxygen atoms in total. The topological polar surface area (TPSA) is 79.3 Å². The van der Waals surface area contributed by atoms with Crippen molar-refractivity contribution in [2.45, 2.75) is 25.3 Å². The number of halogens is 1. The Morgan fingerprint density at radius 2 is 2.10 bits per heavy atom. The number of carbonyl (C=O) groups is 2. The van der Waals surface area contributed by atoms with Crippen LogP contribution < -0.4 is 5.32 Å². The third kappa shape index (κ3) is 2.05. The summed E-state index contributed by atoms with van der Waals surface area (Å²) in [5.41, 5.74) is -0.139. The highest BCUT2D eigenvalue weighted by Gasteiger charge is 2.51. The number of nitrogens with zero attached hydrogens (tertiary/aromatic N) is 1. The zero-order valence-corrected chi connectivity index (χ0v) is 10.8. The highest BCUT2D eigenvalue weighted by molar-refractivity contribution is 5.94. The number of amides is 1. The number of nitrogens with one attached hydrogen (secondary N) is 1. The first-order chi connectivity index (χ1) is 9.58. The SMILES string of the molecule is O=C(NC1C2CCC(C2)C1C(=O)O)c1cccnc1F. The van der Waals surface area contributed by atoms with Crippen LogP contribution in [0.25, 0.3) is 0 Å². The van der Waals surface area contributed by atoms with Crippen LogP contribution in [0.1, 0.15) is 29.6 Å². The summed E-state index contributed by atoms with van der Waals surface area (Å²) in [6.45, 7) is 0. The largest absolute Gasteiger partial charge is 0.481 e. The summed E-state index contributed by atoms with van der Waals surface area (Å²) in [5.74, 6) is -2.54. The molecule has 6 heteroatoms. The number of aromatic nitrogens is 1. The fourth-order valence-corrected chi connectivity index (χ4v) is 3.64. The van der Waals surface area contributed by atoms with Gasteiger partial charge in [0.2, 0.25) is 5.95 Å². The quantitative estimate of drug-likeness (QED) is 0.820. The van der Waals surface area contributed by atoms with E-state index in [-0.39, 0.29) is 17.4 Å². The lowest BCUT2D eigenvalue weighted by Crippen LogP contribution is -2.47. The molecule has 1 aromatic heterocycles. The Kier molecular flexibility index (Phi) is 3.16. The monoisotopic (exact) mass is 278 g/mol. The number of hydrogen-bond donors (Lipinski definition) is 2. The minimum absolute atomic E-state index is 0.126. The number of rotatable bonds is 3. The third-order valence-corrected chi connectivity index (χ3v) is 4.50. The molecule has 1 heterocycles. The van der Waals surface area contributed by atoms with E-state index in [1.807, 2.05) is 0 Å². The molecule has 4 atom stereocenters. The number of carboxylic acids is 1. The van der Waals surface area contributed by atoms with Gasteiger partial charge in [0, 0.05) is 12.2 Å². The average molecular weight is 278 g/mol. The van der Waals surface area contributed by atoms with Gasteiger partial charge in [-0.15, -0.1) is 0 Å². The number of aliphatic carboxylic acids is 1. The second kappa shape index (κ2) is 4.85. The predicted octanol–water partition coefficient (Wildman–Crippen LogP) is 1.45. The molecule has 1 amide bonds. The molecular formula is C14H15FN2O3. The van der Waals surface area contributed by atoms with E-state index < -0.39 is 29.8 Å². The van der Waals surface area contributed by atoms with Crippen molar-refractivity contribution < 1.29 is 19.1 Å². The summed E-state index contributed by atoms with van der Waals surface area (Å²) in [5, 5.41) is 12.0. The van der Waals surface area contributed by atoms with Crippen molar-refractivity contribution in [3.8, 4) is 0 Å². The van der Waals surface area contributed by atoms with Crippen LogP contribution in [0, 0.1) is 23.7 Å². The molecule has 2 saturated carbocycles. The van der Waals surface area contributed by atoms with Crippen LogP contribution in [-0.4, -0.2) is 28.0 Å². The molecule has 0 aliphatic heterocycles. The van der Waals surface area contributed by atoms with Gasteiger partial charge in [0.1, 0.15) is 0 Å². The predicted molar refractivity (Wildman–Crippen MR) is 67.4 cm³/mol. The Hall–Kier alpha value is -1.98. The molecule has 1 aromatic rings. The first-order valence-electron chi connectivity index (χ1n) is 6.72. The summed E-state index contributed by atoms with van der Waals surface area (Å²) in [7, 11) is 0. The standard InChI is InChI=1S/C14H15FN2O3/c15-12-9(2-1-5-16-12)13(18)17-11-8-4-3-7(6-8)10(11)14(19)20/h1-2,5,7-8,10-11H,3-4,6H2,(H,17,18)(H,19,20). The minimum Gasteiger partial charge on any atom is -0.481 e. The van der Waals surface area contributed by atoms with Crippen molar-refractivity contribution in [3.05, 3.63) is 29.8 Å². The highest BCUT2D eigenvalue weighted by atomic mass is 19.1. The van der Waals surface area contributed by atoms with E-state index in [2.05, 4.69) is 10.3 Å². The molecule has 2 fully saturated rings. The fraction of sp³-hybridized carbons (Fsp3) is 0.500. The van der Waals surface area contributed by atoms with Gasteiger partial charge >= 0.3 is 5.97 Å². The molecule has 2 N–H and O–H groups in total. The van der Waals surface area contributed by atoms with Crippen LogP contribution in [0.4, 0.5) is 4.39 Å². The molecule has 106 valence electrons. The van der Waals surface area contributed by atoms with Gasteiger partial charge in [0.15, 0.2) is 0 Å². The van der Waals surface area contributed by atoms with Crippen LogP contribution in [-0.2, 0) is 4.79 Å². The molecule has 20 heavy (non-hydrogen) atoms. The molecule has 0 spiro atoms. The molecule has 0 aromatic carbocycles. The fourth-order valence-electron chi connectivity index (χ4n) is 3.64. The zero-order chi connectivity index (χ0) is 14.3. The van der Waals surface area contributed by atoms with Crippen LogP contribution in [0.15, 0.2) is 18.3 Å². The van der Waals surface area contributed by atoms with Crippen LogP contribution in [0.5, 0.6) is 0 Å². The lowest BCUT2D eigenvalue weighted by Gasteiger charge is -2.28. The van der Waals surface area contributed by atoms with Crippen molar-refractivity contribution in [3.63, 3.8) is 0 Å². The number of carboxylic acid groups (broad SMARTS) is 1. The lowest BCUT2D eigenvalue weighted by atomic mass is 9.84. The van der Waals surface area contributed by atoms with E-state index in [9.17, 15) is 19.1 Å². The summed E-state index contributed by atoms with van der Waals surface area (Å²) in [6, 6.07) is 2.42. The van der Waals surface area contributed by atoms with E-state index in [0.29, 0.717) is 0 Å². The van der Waals surface area contributed by atoms with E-state index in [0.717, 1.165) is 19.3 Å². The number of fused-ring (bicyclic) bond motifs is 2. The van der Waals surface area contributed by atoms with E-state index in [4.69, 9.17) is 0 Å². The number of carbonyl (C=O) groups excluding carboxylic acids is 1. The summed E-state index contributed by atoms with van der Waals surface area (Å²) < 4.78 is 13.5. The third-order valence-electron chi connectivity index (χ3n) is 4.50. The van der Waals surface area contributed by atoms with Gasteiger partial charge in [-0.25, -0.2) is 4.98 Å². The number of hydrogen-bond acceptors (Lipinski definition) is 3. The van der Waals surface area contributed by atoms with E-state index in [1.54, 1.807) is 0 Å². The highest BCUT2D eigenvalue weighted by Crippen LogP contribution is 2.48. The summed E-state index contributed by atoms with van der Waals surface area (Å²) >= 11 is 0. The van der Waals surface area contributed by atoms with Crippen molar-refractivity contribution in [1.82, 2.24) is 10.3 Å². The van der Waals surface area contributed by atoms with Gasteiger partial charge in [0.05, 0.1) is 11.5 Å². The normalized spacial score (nSPS) is 31.2. The second-order valence-electron chi connectivity index (χ2n) is 5.54. The van der Waals surface area contributed by atoms with Crippen molar-refractivity contribution in [2.24, 2.45) is 17.8 Å². The van der Waals surface area contributed by atoms with Gasteiger partial charge < -0.3 is 10.4 Å². The maximum atomic E-state index is 13.5. The van der Waals surface area contributed by atoms with Gasteiger partial charge in [-0.1, -0.05) is 0 Å². The first kappa shape index (κ1) is 13.0. The molecule has 2 bridgehead atoms. The van der Waals surface area contributed by atoms with Crippen molar-refractivity contribution >= 4 is 11.9 Å². The Morgan fingerprint density at radius 1 is 1.35 bits per heavy atom. The smallest absolute Gasteiger partial charge is 0.308 e. The molecule has 0 radical (unpaired) electrons. The molecule has 4 unspecified atom stereocenters. The molecular weight excluding hydrogens is 263 g/mol. The number of pyridine rings is 1. The second-order valence-corrected chi connectivity index (χ2v) is 5.54. The van der Waals surface area contributed by atoms with Gasteiger partial charge in [0.25, 0.3) is 5.91 Å². The molecule has 2 aliphatic carbocycles. The first-order valence-corrected chi connectivity index (χ1v) is 6.72. The van der Waals surface area contributed by atoms with Gasteiger partial charge in [-0.2, -0.15) is 4.39 Å². The summed E-state index contributed by atoms with van der Waals surface area (Å²) in [4.78, 5) is 26.9. The maximum Gasteiger partial charge on any atom is 0.308 e. The molecule has 3 rings (SSSR count). The van der Waals surface area contributed by atoms with Crippen molar-refractivity contribution in [1.29, 1.82) is 0 Å². The van der Waals surface area contributed by atoms with Gasteiger partial charge in [-0.05, 0) is 43.2 Å². The zero-order valence-electron chi connectivity index (χ0n) is 10.8. The van der Waals surface area contributed by atoms with Crippen LogP contribution in [0.2, 0.25) is 0 Å². The molecule has 0 saturated heterocycles. The minimum atomic E-state index is -0.880. The van der Waals surface area contributed by atoms with E-state index >= 15 is 0 Å². The Bertz CT molecular complexity index is 563. The van der Waals surface area contributed by atoms with Crippen LogP contribution >= 0.6 is 0 Å². The maximum absolute atomic E-state index is 13.5.